The molecular weight excluding hydrogens is 366 g/mol. The summed E-state index contributed by atoms with van der Waals surface area (Å²) in [4.78, 5) is 12.8. The minimum Gasteiger partial charge on any atom is -0.490 e. The highest BCUT2D eigenvalue weighted by molar-refractivity contribution is 5.81. The topological polar surface area (TPSA) is 56.8 Å². The first-order chi connectivity index (χ1) is 13.9. The number of carbonyl (C=O) groups is 1. The molecule has 1 N–H and O–H groups in total. The summed E-state index contributed by atoms with van der Waals surface area (Å²) in [5, 5.41) is 3.05. The van der Waals surface area contributed by atoms with Gasteiger partial charge in [0, 0.05) is 0 Å². The number of carbonyl (C=O) groups excluding carboxylic acids is 1. The second-order valence-corrected chi connectivity index (χ2v) is 7.06. The van der Waals surface area contributed by atoms with Crippen LogP contribution >= 0.6 is 0 Å². The van der Waals surface area contributed by atoms with Crippen LogP contribution in [0.25, 0.3) is 0 Å². The number of hydrogen-bond acceptors (Lipinski definition) is 4. The zero-order valence-corrected chi connectivity index (χ0v) is 18.4. The van der Waals surface area contributed by atoms with Gasteiger partial charge in [-0.25, -0.2) is 0 Å². The molecule has 0 aliphatic carbocycles. The predicted octanol–water partition coefficient (Wildman–Crippen LogP) is 5.14. The molecule has 2 rings (SSSR count). The Balaban J connectivity index is 2.09. The maximum absolute atomic E-state index is 12.8. The van der Waals surface area contributed by atoms with Gasteiger partial charge in [0.15, 0.2) is 17.6 Å². The lowest BCUT2D eigenvalue weighted by molar-refractivity contribution is -0.128. The van der Waals surface area contributed by atoms with Gasteiger partial charge in [-0.2, -0.15) is 0 Å². The summed E-state index contributed by atoms with van der Waals surface area (Å²) in [5.74, 6) is 1.97. The van der Waals surface area contributed by atoms with Gasteiger partial charge >= 0.3 is 0 Å². The van der Waals surface area contributed by atoms with E-state index in [0.29, 0.717) is 36.9 Å². The first kappa shape index (κ1) is 22.6. The van der Waals surface area contributed by atoms with Crippen molar-refractivity contribution in [2.24, 2.45) is 0 Å². The Morgan fingerprint density at radius 1 is 0.931 bits per heavy atom. The third-order valence-corrected chi connectivity index (χ3v) is 4.85. The second kappa shape index (κ2) is 10.7. The van der Waals surface area contributed by atoms with Gasteiger partial charge in [0.1, 0.15) is 5.75 Å². The molecule has 0 radical (unpaired) electrons. The van der Waals surface area contributed by atoms with Gasteiger partial charge in [-0.1, -0.05) is 19.1 Å². The van der Waals surface area contributed by atoms with Crippen LogP contribution < -0.4 is 19.5 Å². The van der Waals surface area contributed by atoms with Crippen LogP contribution in [-0.4, -0.2) is 25.2 Å². The lowest BCUT2D eigenvalue weighted by atomic mass is 10.1. The van der Waals surface area contributed by atoms with E-state index in [1.807, 2.05) is 71.0 Å². The summed E-state index contributed by atoms with van der Waals surface area (Å²) in [6, 6.07) is 11.4. The van der Waals surface area contributed by atoms with Crippen molar-refractivity contribution in [1.82, 2.24) is 5.32 Å². The average molecular weight is 400 g/mol. The van der Waals surface area contributed by atoms with Crippen LogP contribution in [0.3, 0.4) is 0 Å². The fourth-order valence-corrected chi connectivity index (χ4v) is 3.00. The van der Waals surface area contributed by atoms with Crippen molar-refractivity contribution in [1.29, 1.82) is 0 Å². The molecule has 0 fully saturated rings. The molecule has 0 spiro atoms. The number of benzene rings is 2. The molecule has 2 aromatic rings. The van der Waals surface area contributed by atoms with E-state index in [1.54, 1.807) is 0 Å². The van der Waals surface area contributed by atoms with Crippen LogP contribution in [0.4, 0.5) is 0 Å². The highest BCUT2D eigenvalue weighted by atomic mass is 16.5. The van der Waals surface area contributed by atoms with Gasteiger partial charge < -0.3 is 19.5 Å². The van der Waals surface area contributed by atoms with Crippen molar-refractivity contribution < 1.29 is 19.0 Å². The van der Waals surface area contributed by atoms with Gasteiger partial charge in [-0.3, -0.25) is 4.79 Å². The van der Waals surface area contributed by atoms with E-state index < -0.39 is 6.10 Å². The lowest BCUT2D eigenvalue weighted by Gasteiger charge is -2.22. The summed E-state index contributed by atoms with van der Waals surface area (Å²) >= 11 is 0. The fourth-order valence-electron chi connectivity index (χ4n) is 3.00. The number of amides is 1. The van der Waals surface area contributed by atoms with Crippen LogP contribution in [-0.2, 0) is 4.79 Å². The maximum Gasteiger partial charge on any atom is 0.261 e. The third kappa shape index (κ3) is 6.14. The molecule has 1 amide bonds. The minimum atomic E-state index is -0.548. The van der Waals surface area contributed by atoms with Crippen LogP contribution in [0.2, 0.25) is 0 Å². The van der Waals surface area contributed by atoms with Crippen molar-refractivity contribution in [3.05, 3.63) is 53.1 Å². The Hall–Kier alpha value is -2.69. The van der Waals surface area contributed by atoms with Crippen LogP contribution in [0, 0.1) is 13.8 Å². The van der Waals surface area contributed by atoms with E-state index in [0.717, 1.165) is 11.1 Å². The highest BCUT2D eigenvalue weighted by Gasteiger charge is 2.21. The molecule has 5 heteroatoms. The van der Waals surface area contributed by atoms with Crippen LogP contribution in [0.1, 0.15) is 56.8 Å². The van der Waals surface area contributed by atoms with Crippen molar-refractivity contribution in [2.75, 3.05) is 13.2 Å². The molecule has 158 valence electrons. The summed E-state index contributed by atoms with van der Waals surface area (Å²) < 4.78 is 17.3. The van der Waals surface area contributed by atoms with E-state index >= 15 is 0 Å². The highest BCUT2D eigenvalue weighted by Crippen LogP contribution is 2.31. The Bertz CT molecular complexity index is 819. The van der Waals surface area contributed by atoms with Crippen molar-refractivity contribution >= 4 is 5.91 Å². The van der Waals surface area contributed by atoms with Gasteiger partial charge in [0.05, 0.1) is 19.3 Å². The summed E-state index contributed by atoms with van der Waals surface area (Å²) in [5.41, 5.74) is 3.29. The molecule has 0 aliphatic heterocycles. The molecule has 0 aliphatic rings. The van der Waals surface area contributed by atoms with Crippen molar-refractivity contribution in [3.63, 3.8) is 0 Å². The standard InChI is InChI=1S/C24H33NO4/c1-7-21(29-20-12-10-16(4)17(5)14-20)24(26)25-18(6)19-11-13-22(27-8-2)23(15-19)28-9-3/h10-15,18,21H,7-9H2,1-6H3,(H,25,26)/t18-,21+/m1/s1. The molecule has 0 saturated heterocycles. The predicted molar refractivity (Wildman–Crippen MR) is 116 cm³/mol. The lowest BCUT2D eigenvalue weighted by Crippen LogP contribution is -2.39. The number of aryl methyl sites for hydroxylation is 2. The smallest absolute Gasteiger partial charge is 0.261 e. The summed E-state index contributed by atoms with van der Waals surface area (Å²) in [6.45, 7) is 13.0. The number of ether oxygens (including phenoxy) is 3. The summed E-state index contributed by atoms with van der Waals surface area (Å²) in [6.07, 6.45) is 0.0347. The summed E-state index contributed by atoms with van der Waals surface area (Å²) in [7, 11) is 0. The normalized spacial score (nSPS) is 12.8. The molecule has 29 heavy (non-hydrogen) atoms. The van der Waals surface area contributed by atoms with Crippen LogP contribution in [0.15, 0.2) is 36.4 Å². The van der Waals surface area contributed by atoms with E-state index in [1.165, 1.54) is 5.56 Å². The number of nitrogens with one attached hydrogen (secondary N) is 1. The quantitative estimate of drug-likeness (QED) is 0.601. The van der Waals surface area contributed by atoms with Gasteiger partial charge in [-0.15, -0.1) is 0 Å². The third-order valence-electron chi connectivity index (χ3n) is 4.85. The Morgan fingerprint density at radius 3 is 2.24 bits per heavy atom. The minimum absolute atomic E-state index is 0.134. The fraction of sp³-hybridized carbons (Fsp3) is 0.458. The molecular formula is C24H33NO4. The van der Waals surface area contributed by atoms with Gasteiger partial charge in [0.25, 0.3) is 5.91 Å². The van der Waals surface area contributed by atoms with Crippen LogP contribution in [0.5, 0.6) is 17.2 Å². The van der Waals surface area contributed by atoms with Crippen molar-refractivity contribution in [2.45, 2.75) is 60.1 Å². The van der Waals surface area contributed by atoms with Gasteiger partial charge in [-0.05, 0) is 82.0 Å². The van der Waals surface area contributed by atoms with Crippen molar-refractivity contribution in [3.8, 4) is 17.2 Å². The first-order valence-corrected chi connectivity index (χ1v) is 10.3. The van der Waals surface area contributed by atoms with E-state index in [-0.39, 0.29) is 11.9 Å². The SMILES string of the molecule is CCOc1ccc([C@@H](C)NC(=O)[C@H](CC)Oc2ccc(C)c(C)c2)cc1OCC. The molecule has 0 saturated carbocycles. The monoisotopic (exact) mass is 399 g/mol. The molecule has 2 atom stereocenters. The molecule has 5 nitrogen and oxygen atoms in total. The zero-order valence-electron chi connectivity index (χ0n) is 18.4. The molecule has 0 bridgehead atoms. The first-order valence-electron chi connectivity index (χ1n) is 10.3. The van der Waals surface area contributed by atoms with Gasteiger partial charge in [0.2, 0.25) is 0 Å². The Kier molecular flexibility index (Phi) is 8.37. The largest absolute Gasteiger partial charge is 0.490 e. The molecule has 0 aromatic heterocycles. The zero-order chi connectivity index (χ0) is 21.4. The maximum atomic E-state index is 12.8. The Labute approximate surface area is 174 Å². The number of rotatable bonds is 10. The second-order valence-electron chi connectivity index (χ2n) is 7.06. The molecule has 0 heterocycles. The Morgan fingerprint density at radius 2 is 1.62 bits per heavy atom. The van der Waals surface area contributed by atoms with E-state index in [4.69, 9.17) is 14.2 Å². The average Bonchev–Trinajstić information content (AvgIpc) is 2.70. The van der Waals surface area contributed by atoms with E-state index in [2.05, 4.69) is 12.2 Å². The van der Waals surface area contributed by atoms with E-state index in [9.17, 15) is 4.79 Å². The molecule has 0 unspecified atom stereocenters. The molecule has 2 aromatic carbocycles. The number of hydrogen-bond donors (Lipinski definition) is 1.